The summed E-state index contributed by atoms with van der Waals surface area (Å²) < 4.78 is 0. The van der Waals surface area contributed by atoms with Crippen LogP contribution >= 0.6 is 0 Å². The number of piperidine rings is 1. The molecule has 0 aliphatic carbocycles. The lowest BCUT2D eigenvalue weighted by Gasteiger charge is -2.33. The van der Waals surface area contributed by atoms with Crippen LogP contribution in [0.5, 0.6) is 0 Å². The third kappa shape index (κ3) is 4.94. The topological polar surface area (TPSA) is 104 Å². The number of hydrogen-bond acceptors (Lipinski definition) is 6. The Labute approximate surface area is 160 Å². The molecule has 0 saturated carbocycles. The summed E-state index contributed by atoms with van der Waals surface area (Å²) in [4.78, 5) is 36.4. The molecule has 2 aliphatic rings. The van der Waals surface area contributed by atoms with E-state index in [0.29, 0.717) is 30.9 Å². The van der Waals surface area contributed by atoms with E-state index in [2.05, 4.69) is 27.2 Å². The van der Waals surface area contributed by atoms with Crippen molar-refractivity contribution in [1.29, 1.82) is 0 Å². The molecule has 27 heavy (non-hydrogen) atoms. The number of nitrogens with zero attached hydrogens (tertiary/aromatic N) is 4. The molecule has 0 unspecified atom stereocenters. The van der Waals surface area contributed by atoms with Crippen molar-refractivity contribution >= 4 is 17.8 Å². The van der Waals surface area contributed by atoms with Gasteiger partial charge in [0.15, 0.2) is 0 Å². The molecule has 1 aromatic rings. The molecule has 2 saturated heterocycles. The molecule has 8 heteroatoms. The first-order chi connectivity index (χ1) is 12.9. The highest BCUT2D eigenvalue weighted by Gasteiger charge is 2.33. The number of carbonyl (C=O) groups is 2. The number of likely N-dealkylation sites (N-methyl/N-ethyl adjacent to an activating group) is 1. The number of likely N-dealkylation sites (tertiary alicyclic amines) is 2. The van der Waals surface area contributed by atoms with E-state index in [0.717, 1.165) is 44.5 Å². The molecule has 0 bridgehead atoms. The summed E-state index contributed by atoms with van der Waals surface area (Å²) in [6, 6.07) is 2.50. The van der Waals surface area contributed by atoms with Gasteiger partial charge in [-0.25, -0.2) is 9.97 Å². The molecule has 2 atom stereocenters. The quantitative estimate of drug-likeness (QED) is 0.788. The van der Waals surface area contributed by atoms with Crippen LogP contribution < -0.4 is 11.1 Å². The maximum atomic E-state index is 12.8. The van der Waals surface area contributed by atoms with Crippen molar-refractivity contribution in [3.63, 3.8) is 0 Å². The third-order valence-corrected chi connectivity index (χ3v) is 5.94. The van der Waals surface area contributed by atoms with E-state index < -0.39 is 0 Å². The predicted octanol–water partition coefficient (Wildman–Crippen LogP) is 0.754. The van der Waals surface area contributed by atoms with Gasteiger partial charge in [0.05, 0.1) is 0 Å². The molecule has 0 aromatic carbocycles. The van der Waals surface area contributed by atoms with Crippen LogP contribution in [0.2, 0.25) is 0 Å². The Morgan fingerprint density at radius 1 is 1.22 bits per heavy atom. The Kier molecular flexibility index (Phi) is 6.26. The van der Waals surface area contributed by atoms with Gasteiger partial charge in [0.25, 0.3) is 0 Å². The SMILES string of the molecule is CC(=O)NC[C@H]1CC[C@@H](CC(=O)N2CCC(c3ccnc(N)n3)CC2)N1C. The third-order valence-electron chi connectivity index (χ3n) is 5.94. The lowest BCUT2D eigenvalue weighted by atomic mass is 9.93. The van der Waals surface area contributed by atoms with Crippen LogP contribution in [0.15, 0.2) is 12.3 Å². The van der Waals surface area contributed by atoms with E-state index >= 15 is 0 Å². The second-order valence-corrected chi connectivity index (χ2v) is 7.69. The average Bonchev–Trinajstić information content (AvgIpc) is 3.00. The molecule has 8 nitrogen and oxygen atoms in total. The number of nitrogens with one attached hydrogen (secondary N) is 1. The molecule has 3 N–H and O–H groups in total. The van der Waals surface area contributed by atoms with Gasteiger partial charge in [-0.15, -0.1) is 0 Å². The van der Waals surface area contributed by atoms with Crippen molar-refractivity contribution in [1.82, 2.24) is 25.1 Å². The summed E-state index contributed by atoms with van der Waals surface area (Å²) in [5.41, 5.74) is 6.66. The zero-order valence-corrected chi connectivity index (χ0v) is 16.2. The van der Waals surface area contributed by atoms with Crippen LogP contribution in [0.1, 0.15) is 50.6 Å². The van der Waals surface area contributed by atoms with Gasteiger partial charge in [-0.1, -0.05) is 0 Å². The smallest absolute Gasteiger partial charge is 0.224 e. The molecule has 148 valence electrons. The molecular weight excluding hydrogens is 344 g/mol. The minimum Gasteiger partial charge on any atom is -0.368 e. The molecule has 3 heterocycles. The monoisotopic (exact) mass is 374 g/mol. The minimum absolute atomic E-state index is 0.00348. The van der Waals surface area contributed by atoms with Crippen molar-refractivity contribution < 1.29 is 9.59 Å². The first-order valence-electron chi connectivity index (χ1n) is 9.76. The van der Waals surface area contributed by atoms with Crippen LogP contribution in [0.25, 0.3) is 0 Å². The van der Waals surface area contributed by atoms with Gasteiger partial charge in [0, 0.05) is 62.9 Å². The molecule has 2 fully saturated rings. The Bertz CT molecular complexity index is 674. The summed E-state index contributed by atoms with van der Waals surface area (Å²) in [6.07, 6.45) is 6.09. The van der Waals surface area contributed by atoms with E-state index in [4.69, 9.17) is 5.73 Å². The fraction of sp³-hybridized carbons (Fsp3) is 0.684. The average molecular weight is 374 g/mol. The lowest BCUT2D eigenvalue weighted by molar-refractivity contribution is -0.133. The summed E-state index contributed by atoms with van der Waals surface area (Å²) in [7, 11) is 2.06. The molecule has 3 rings (SSSR count). The van der Waals surface area contributed by atoms with Gasteiger partial charge in [-0.2, -0.15) is 0 Å². The van der Waals surface area contributed by atoms with Crippen LogP contribution in [-0.2, 0) is 9.59 Å². The Morgan fingerprint density at radius 2 is 1.93 bits per heavy atom. The van der Waals surface area contributed by atoms with Crippen molar-refractivity contribution in [3.05, 3.63) is 18.0 Å². The van der Waals surface area contributed by atoms with Crippen molar-refractivity contribution in [2.75, 3.05) is 32.4 Å². The van der Waals surface area contributed by atoms with Gasteiger partial charge in [0.1, 0.15) is 0 Å². The fourth-order valence-electron chi connectivity index (χ4n) is 4.21. The van der Waals surface area contributed by atoms with Crippen molar-refractivity contribution in [2.24, 2.45) is 0 Å². The predicted molar refractivity (Wildman–Crippen MR) is 103 cm³/mol. The van der Waals surface area contributed by atoms with Crippen LogP contribution in [0, 0.1) is 0 Å². The second-order valence-electron chi connectivity index (χ2n) is 7.69. The van der Waals surface area contributed by atoms with Gasteiger partial charge < -0.3 is 16.0 Å². The molecule has 1 aromatic heterocycles. The van der Waals surface area contributed by atoms with Crippen LogP contribution in [0.3, 0.4) is 0 Å². The number of anilines is 1. The number of amides is 2. The van der Waals surface area contributed by atoms with E-state index in [9.17, 15) is 9.59 Å². The number of carbonyl (C=O) groups excluding carboxylic acids is 2. The molecule has 0 radical (unpaired) electrons. The summed E-state index contributed by atoms with van der Waals surface area (Å²) >= 11 is 0. The molecule has 2 amide bonds. The largest absolute Gasteiger partial charge is 0.368 e. The number of nitrogens with two attached hydrogens (primary N) is 1. The normalized spacial score (nSPS) is 24.1. The first-order valence-corrected chi connectivity index (χ1v) is 9.76. The van der Waals surface area contributed by atoms with Gasteiger partial charge >= 0.3 is 0 Å². The van der Waals surface area contributed by atoms with E-state index in [1.165, 1.54) is 6.92 Å². The zero-order chi connectivity index (χ0) is 19.4. The highest BCUT2D eigenvalue weighted by atomic mass is 16.2. The standard InChI is InChI=1S/C19H30N6O2/c1-13(26)22-12-16-4-3-15(24(16)2)11-18(27)25-9-6-14(7-10-25)17-5-8-21-19(20)23-17/h5,8,14-16H,3-4,6-7,9-12H2,1-2H3,(H,22,26)(H2,20,21,23)/t15-,16+/m0/s1. The van der Waals surface area contributed by atoms with Gasteiger partial charge in [0.2, 0.25) is 17.8 Å². The van der Waals surface area contributed by atoms with Crippen molar-refractivity contribution in [2.45, 2.75) is 57.0 Å². The molecule has 2 aliphatic heterocycles. The van der Waals surface area contributed by atoms with E-state index in [1.807, 2.05) is 11.0 Å². The summed E-state index contributed by atoms with van der Waals surface area (Å²) in [5, 5.41) is 2.88. The van der Waals surface area contributed by atoms with E-state index in [1.54, 1.807) is 6.20 Å². The Morgan fingerprint density at radius 3 is 2.59 bits per heavy atom. The highest BCUT2D eigenvalue weighted by Crippen LogP contribution is 2.29. The first kappa shape index (κ1) is 19.5. The number of rotatable bonds is 5. The number of aromatic nitrogens is 2. The van der Waals surface area contributed by atoms with E-state index in [-0.39, 0.29) is 17.9 Å². The number of hydrogen-bond donors (Lipinski definition) is 2. The molecule has 0 spiro atoms. The van der Waals surface area contributed by atoms with Crippen LogP contribution in [-0.4, -0.2) is 70.3 Å². The maximum absolute atomic E-state index is 12.8. The maximum Gasteiger partial charge on any atom is 0.224 e. The van der Waals surface area contributed by atoms with Crippen LogP contribution in [0.4, 0.5) is 5.95 Å². The zero-order valence-electron chi connectivity index (χ0n) is 16.2. The highest BCUT2D eigenvalue weighted by molar-refractivity contribution is 5.77. The Hall–Kier alpha value is -2.22. The summed E-state index contributed by atoms with van der Waals surface area (Å²) in [6.45, 7) is 3.72. The van der Waals surface area contributed by atoms with Gasteiger partial charge in [-0.3, -0.25) is 14.5 Å². The number of nitrogen functional groups attached to an aromatic ring is 1. The minimum atomic E-state index is -0.00348. The Balaban J connectivity index is 1.46. The fourth-order valence-corrected chi connectivity index (χ4v) is 4.21. The van der Waals surface area contributed by atoms with Crippen molar-refractivity contribution in [3.8, 4) is 0 Å². The summed E-state index contributed by atoms with van der Waals surface area (Å²) in [5.74, 6) is 0.878. The molecular formula is C19H30N6O2. The van der Waals surface area contributed by atoms with Gasteiger partial charge in [-0.05, 0) is 38.8 Å². The second kappa shape index (κ2) is 8.65. The lowest BCUT2D eigenvalue weighted by Crippen LogP contribution is -2.44.